The summed E-state index contributed by atoms with van der Waals surface area (Å²) in [6, 6.07) is -0.787. The first-order valence-electron chi connectivity index (χ1n) is 3.96. The molecule has 0 spiro atoms. The molecular weight excluding hydrogens is 190 g/mol. The number of carboxylic acid groups (broad SMARTS) is 1. The lowest BCUT2D eigenvalue weighted by atomic mass is 10.3. The van der Waals surface area contributed by atoms with Crippen molar-refractivity contribution in [2.45, 2.75) is 13.0 Å². The molecule has 0 aromatic rings. The van der Waals surface area contributed by atoms with Crippen LogP contribution in [0.3, 0.4) is 0 Å². The molecule has 0 fully saturated rings. The Kier molecular flexibility index (Phi) is 5.23. The minimum atomic E-state index is -1.14. The molecular formula is C7H13N3O4. The molecule has 0 unspecified atom stereocenters. The summed E-state index contributed by atoms with van der Waals surface area (Å²) in [5.41, 5.74) is 5.00. The van der Waals surface area contributed by atoms with E-state index in [1.807, 2.05) is 0 Å². The lowest BCUT2D eigenvalue weighted by Crippen LogP contribution is -2.47. The van der Waals surface area contributed by atoms with E-state index >= 15 is 0 Å². The lowest BCUT2D eigenvalue weighted by Gasteiger charge is -2.12. The molecule has 80 valence electrons. The van der Waals surface area contributed by atoms with Gasteiger partial charge in [0.15, 0.2) is 0 Å². The fourth-order valence-corrected chi connectivity index (χ4v) is 0.682. The summed E-state index contributed by atoms with van der Waals surface area (Å²) in [4.78, 5) is 31.9. The van der Waals surface area contributed by atoms with Gasteiger partial charge in [0.25, 0.3) is 0 Å². The molecule has 0 aliphatic rings. The van der Waals surface area contributed by atoms with Crippen molar-refractivity contribution in [1.82, 2.24) is 10.6 Å². The molecule has 5 N–H and O–H groups in total. The van der Waals surface area contributed by atoms with Crippen LogP contribution in [0.1, 0.15) is 6.92 Å². The van der Waals surface area contributed by atoms with Crippen molar-refractivity contribution < 1.29 is 19.5 Å². The van der Waals surface area contributed by atoms with Gasteiger partial charge in [0.2, 0.25) is 11.8 Å². The maximum absolute atomic E-state index is 11.1. The highest BCUT2D eigenvalue weighted by atomic mass is 16.4. The zero-order valence-corrected chi connectivity index (χ0v) is 7.74. The smallest absolute Gasteiger partial charge is 0.322 e. The summed E-state index contributed by atoms with van der Waals surface area (Å²) < 4.78 is 0. The topological polar surface area (TPSA) is 122 Å². The molecule has 0 radical (unpaired) electrons. The summed E-state index contributed by atoms with van der Waals surface area (Å²) in [6.45, 7) is 0.753. The number of rotatable bonds is 5. The van der Waals surface area contributed by atoms with Gasteiger partial charge in [-0.2, -0.15) is 0 Å². The highest BCUT2D eigenvalue weighted by Crippen LogP contribution is 1.81. The second kappa shape index (κ2) is 5.92. The third-order valence-electron chi connectivity index (χ3n) is 1.37. The number of hydrogen-bond acceptors (Lipinski definition) is 4. The van der Waals surface area contributed by atoms with Crippen LogP contribution in [0, 0.1) is 0 Å². The normalized spacial score (nSPS) is 11.6. The molecule has 0 bridgehead atoms. The van der Waals surface area contributed by atoms with E-state index in [1.54, 1.807) is 0 Å². The van der Waals surface area contributed by atoms with E-state index in [1.165, 1.54) is 6.92 Å². The van der Waals surface area contributed by atoms with Gasteiger partial charge >= 0.3 is 5.97 Å². The van der Waals surface area contributed by atoms with Gasteiger partial charge in [-0.1, -0.05) is 0 Å². The van der Waals surface area contributed by atoms with Crippen LogP contribution in [0.15, 0.2) is 0 Å². The maximum atomic E-state index is 11.1. The van der Waals surface area contributed by atoms with Gasteiger partial charge < -0.3 is 21.5 Å². The third-order valence-corrected chi connectivity index (χ3v) is 1.37. The Morgan fingerprint density at radius 2 is 2.00 bits per heavy atom. The standard InChI is InChI=1S/C7H13N3O4/c1-4(10-5(11)2-8)7(14)9-3-6(12)13/h4H,2-3,8H2,1H3,(H,9,14)(H,10,11)(H,12,13)/t4-/m1/s1. The van der Waals surface area contributed by atoms with E-state index < -0.39 is 30.4 Å². The number of aliphatic carboxylic acids is 1. The number of hydrogen-bond donors (Lipinski definition) is 4. The molecule has 0 heterocycles. The third kappa shape index (κ3) is 5.09. The number of nitrogens with two attached hydrogens (primary N) is 1. The molecule has 0 aromatic carbocycles. The van der Waals surface area contributed by atoms with Crippen molar-refractivity contribution in [3.8, 4) is 0 Å². The Morgan fingerprint density at radius 1 is 1.43 bits per heavy atom. The fourth-order valence-electron chi connectivity index (χ4n) is 0.682. The molecule has 0 rings (SSSR count). The van der Waals surface area contributed by atoms with Crippen molar-refractivity contribution >= 4 is 17.8 Å². The van der Waals surface area contributed by atoms with Crippen LogP contribution in [0.2, 0.25) is 0 Å². The fraction of sp³-hybridized carbons (Fsp3) is 0.571. The second-order valence-corrected chi connectivity index (χ2v) is 2.60. The Morgan fingerprint density at radius 3 is 2.43 bits per heavy atom. The average Bonchev–Trinajstić information content (AvgIpc) is 2.13. The Hall–Kier alpha value is -1.63. The van der Waals surface area contributed by atoms with Gasteiger partial charge in [0.1, 0.15) is 12.6 Å². The predicted octanol–water partition coefficient (Wildman–Crippen LogP) is -2.35. The van der Waals surface area contributed by atoms with Crippen LogP contribution in [0.5, 0.6) is 0 Å². The Balaban J connectivity index is 3.87. The largest absolute Gasteiger partial charge is 0.480 e. The number of carbonyl (C=O) groups is 3. The van der Waals surface area contributed by atoms with E-state index in [2.05, 4.69) is 10.6 Å². The van der Waals surface area contributed by atoms with Crippen LogP contribution in [-0.4, -0.2) is 42.0 Å². The first-order valence-corrected chi connectivity index (χ1v) is 3.96. The second-order valence-electron chi connectivity index (χ2n) is 2.60. The van der Waals surface area contributed by atoms with Gasteiger partial charge in [0, 0.05) is 0 Å². The van der Waals surface area contributed by atoms with Crippen LogP contribution in [0.25, 0.3) is 0 Å². The summed E-state index contributed by atoms with van der Waals surface area (Å²) >= 11 is 0. The van der Waals surface area contributed by atoms with Crippen LogP contribution in [-0.2, 0) is 14.4 Å². The van der Waals surface area contributed by atoms with Gasteiger partial charge in [-0.15, -0.1) is 0 Å². The Bertz CT molecular complexity index is 241. The van der Waals surface area contributed by atoms with E-state index in [0.29, 0.717) is 0 Å². The van der Waals surface area contributed by atoms with Gasteiger partial charge in [-0.3, -0.25) is 14.4 Å². The van der Waals surface area contributed by atoms with Crippen molar-refractivity contribution in [3.05, 3.63) is 0 Å². The monoisotopic (exact) mass is 203 g/mol. The molecule has 7 nitrogen and oxygen atoms in total. The average molecular weight is 203 g/mol. The molecule has 7 heteroatoms. The van der Waals surface area contributed by atoms with Crippen molar-refractivity contribution in [2.75, 3.05) is 13.1 Å². The minimum absolute atomic E-state index is 0.212. The van der Waals surface area contributed by atoms with Gasteiger partial charge in [-0.25, -0.2) is 0 Å². The molecule has 0 saturated heterocycles. The number of amides is 2. The summed E-state index contributed by atoms with van der Waals surface area (Å²) in [5, 5.41) is 12.7. The van der Waals surface area contributed by atoms with Crippen molar-refractivity contribution in [1.29, 1.82) is 0 Å². The van der Waals surface area contributed by atoms with Gasteiger partial charge in [0.05, 0.1) is 6.54 Å². The van der Waals surface area contributed by atoms with Crippen LogP contribution in [0.4, 0.5) is 0 Å². The first-order chi connectivity index (χ1) is 6.47. The predicted molar refractivity (Wildman–Crippen MR) is 47.3 cm³/mol. The summed E-state index contributed by atoms with van der Waals surface area (Å²) in [5.74, 6) is -2.17. The molecule has 14 heavy (non-hydrogen) atoms. The first kappa shape index (κ1) is 12.4. The number of nitrogens with one attached hydrogen (secondary N) is 2. The van der Waals surface area contributed by atoms with E-state index in [0.717, 1.165) is 0 Å². The maximum Gasteiger partial charge on any atom is 0.322 e. The summed E-state index contributed by atoms with van der Waals surface area (Å²) in [7, 11) is 0. The highest BCUT2D eigenvalue weighted by molar-refractivity contribution is 5.89. The van der Waals surface area contributed by atoms with E-state index in [4.69, 9.17) is 10.8 Å². The van der Waals surface area contributed by atoms with Crippen molar-refractivity contribution in [3.63, 3.8) is 0 Å². The zero-order valence-electron chi connectivity index (χ0n) is 7.74. The molecule has 1 atom stereocenters. The van der Waals surface area contributed by atoms with Crippen LogP contribution < -0.4 is 16.4 Å². The lowest BCUT2D eigenvalue weighted by molar-refractivity contribution is -0.138. The number of carbonyl (C=O) groups excluding carboxylic acids is 2. The van der Waals surface area contributed by atoms with E-state index in [-0.39, 0.29) is 6.54 Å². The Labute approximate surface area is 80.6 Å². The zero-order chi connectivity index (χ0) is 11.1. The quantitative estimate of drug-likeness (QED) is 0.398. The molecule has 0 aliphatic heterocycles. The van der Waals surface area contributed by atoms with Crippen LogP contribution >= 0.6 is 0 Å². The minimum Gasteiger partial charge on any atom is -0.480 e. The molecule has 0 aliphatic carbocycles. The van der Waals surface area contributed by atoms with Crippen molar-refractivity contribution in [2.24, 2.45) is 5.73 Å². The molecule has 0 aromatic heterocycles. The van der Waals surface area contributed by atoms with Gasteiger partial charge in [-0.05, 0) is 6.92 Å². The molecule has 0 saturated carbocycles. The SMILES string of the molecule is C[C@@H](NC(=O)CN)C(=O)NCC(=O)O. The molecule has 2 amide bonds. The highest BCUT2D eigenvalue weighted by Gasteiger charge is 2.14. The number of carboxylic acids is 1. The summed E-state index contributed by atoms with van der Waals surface area (Å²) in [6.07, 6.45) is 0. The van der Waals surface area contributed by atoms with E-state index in [9.17, 15) is 14.4 Å².